The molecule has 0 N–H and O–H groups in total. The number of nitro groups is 1. The number of nitrogens with zero attached hydrogens (tertiary/aromatic N) is 1. The summed E-state index contributed by atoms with van der Waals surface area (Å²) in [6, 6.07) is 46.5. The van der Waals surface area contributed by atoms with Crippen molar-refractivity contribution in [3.8, 4) is 0 Å². The van der Waals surface area contributed by atoms with E-state index in [0.717, 1.165) is 17.2 Å². The van der Waals surface area contributed by atoms with E-state index in [-0.39, 0.29) is 90.3 Å². The van der Waals surface area contributed by atoms with Crippen LogP contribution in [0.5, 0.6) is 0 Å². The Morgan fingerprint density at radius 3 is 0.990 bits per heavy atom. The van der Waals surface area contributed by atoms with Gasteiger partial charge in [-0.1, -0.05) is 113 Å². The lowest BCUT2D eigenvalue weighted by Gasteiger charge is -2.18. The summed E-state index contributed by atoms with van der Waals surface area (Å²) in [6.07, 6.45) is -1.49. The van der Waals surface area contributed by atoms with Crippen molar-refractivity contribution in [1.82, 2.24) is 0 Å². The number of esters is 6. The van der Waals surface area contributed by atoms with Crippen molar-refractivity contribution in [3.05, 3.63) is 219 Å². The molecule has 2 atom stereocenters. The summed E-state index contributed by atoms with van der Waals surface area (Å²) < 4.78 is 171. The number of ether oxygens (including phenoxy) is 6. The molecule has 0 bridgehead atoms. The van der Waals surface area contributed by atoms with Crippen molar-refractivity contribution >= 4 is 124 Å². The number of hydrogen-bond acceptors (Lipinski definition) is 26. The first-order chi connectivity index (χ1) is 48.4. The van der Waals surface area contributed by atoms with Crippen LogP contribution in [0.2, 0.25) is 10.0 Å². The van der Waals surface area contributed by atoms with E-state index in [4.69, 9.17) is 32.7 Å². The van der Waals surface area contributed by atoms with E-state index in [9.17, 15) is 89.4 Å². The van der Waals surface area contributed by atoms with Crippen LogP contribution in [0.15, 0.2) is 211 Å². The maximum Gasteiger partial charge on any atom is 0.303 e. The lowest BCUT2D eigenvalue weighted by Crippen LogP contribution is -2.23. The molecule has 0 aromatic heterocycles. The third-order valence-electron chi connectivity index (χ3n) is 12.9. The van der Waals surface area contributed by atoms with Gasteiger partial charge in [-0.05, 0) is 117 Å². The zero-order valence-corrected chi connectivity index (χ0v) is 64.2. The fourth-order valence-electron chi connectivity index (χ4n) is 7.93. The maximum absolute atomic E-state index is 12.5. The molecule has 0 spiro atoms. The molecule has 0 heterocycles. The zero-order chi connectivity index (χ0) is 78.7. The number of carbonyl (C=O) groups excluding carboxylic acids is 6. The van der Waals surface area contributed by atoms with E-state index in [1.54, 1.807) is 79.7 Å². The molecule has 7 aromatic carbocycles. The Morgan fingerprint density at radius 2 is 0.654 bits per heavy atom. The predicted octanol–water partition coefficient (Wildman–Crippen LogP) is 10.1. The molecule has 0 aliphatic carbocycles. The van der Waals surface area contributed by atoms with Gasteiger partial charge >= 0.3 is 35.8 Å². The van der Waals surface area contributed by atoms with Crippen molar-refractivity contribution in [2.75, 3.05) is 60.9 Å². The molecule has 0 amide bonds. The first kappa shape index (κ1) is 91.1. The van der Waals surface area contributed by atoms with E-state index in [2.05, 4.69) is 18.9 Å². The second-order valence-electron chi connectivity index (χ2n) is 21.7. The van der Waals surface area contributed by atoms with Gasteiger partial charge in [-0.2, -0.15) is 0 Å². The van der Waals surface area contributed by atoms with Crippen LogP contribution in [0.4, 0.5) is 5.69 Å². The molecule has 7 rings (SSSR count). The molecule has 0 radical (unpaired) electrons. The maximum atomic E-state index is 12.5. The second-order valence-corrected chi connectivity index (χ2v) is 35.1. The summed E-state index contributed by atoms with van der Waals surface area (Å²) >= 11 is 11.4. The van der Waals surface area contributed by atoms with Gasteiger partial charge in [0.1, 0.15) is 38.6 Å². The largest absolute Gasteiger partial charge is 0.465 e. The number of benzene rings is 7. The van der Waals surface area contributed by atoms with E-state index in [1.165, 1.54) is 133 Å². The van der Waals surface area contributed by atoms with Gasteiger partial charge in [-0.25, -0.2) is 50.5 Å². The van der Waals surface area contributed by atoms with Gasteiger partial charge in [0.2, 0.25) is 0 Å². The van der Waals surface area contributed by atoms with Crippen LogP contribution in [-0.2, 0) is 116 Å². The fourth-order valence-corrected chi connectivity index (χ4v) is 15.4. The molecule has 2 unspecified atom stereocenters. The number of nitro benzene ring substituents is 1. The lowest BCUT2D eigenvalue weighted by molar-refractivity contribution is -0.385. The average Bonchev–Trinajstić information content (AvgIpc) is 0.835. The topological polar surface area (TPSA) is 406 Å². The van der Waals surface area contributed by atoms with Gasteiger partial charge in [0.05, 0.1) is 68.8 Å². The van der Waals surface area contributed by atoms with Crippen molar-refractivity contribution in [3.63, 3.8) is 0 Å². The number of rotatable bonds is 26. The van der Waals surface area contributed by atoms with Crippen LogP contribution < -0.4 is 0 Å². The number of non-ortho nitro benzene ring substituents is 1. The van der Waals surface area contributed by atoms with Gasteiger partial charge in [-0.3, -0.25) is 38.9 Å². The molecular formula is C69H79Cl2NO26S6. The fraction of sp³-hybridized carbons (Fsp3) is 0.304. The van der Waals surface area contributed by atoms with Crippen molar-refractivity contribution in [2.45, 2.75) is 104 Å². The minimum atomic E-state index is -3.69. The highest BCUT2D eigenvalue weighted by Crippen LogP contribution is 2.26. The highest BCUT2D eigenvalue weighted by molar-refractivity contribution is 7.92. The Kier molecular flexibility index (Phi) is 38.5. The lowest BCUT2D eigenvalue weighted by atomic mass is 10.1. The Morgan fingerprint density at radius 1 is 0.365 bits per heavy atom. The first-order valence-corrected chi connectivity index (χ1v) is 41.3. The SMILES string of the molecule is CC(=O)OC(C)CS(=O)(=O)c1ccccc1.CC(=O)OC(CS(=O)(=O)c1ccc(Cl)cc1)c1ccc(C)cc1.CC(=O)OCCS(=O)(=O)c1ccc(C)cc1.CC(=O)OCCS(=O)(=O)c1ccc(Cl)cc1.CC(=O)OCCS(=O)(=O)c1cccc([N+](=O)[O-])c1.CC(=O)OCCS(=O)(=O)c1ccccc1. The Bertz CT molecular complexity index is 4600. The molecule has 0 saturated heterocycles. The van der Waals surface area contributed by atoms with E-state index < -0.39 is 118 Å². The van der Waals surface area contributed by atoms with Crippen molar-refractivity contribution in [2.24, 2.45) is 0 Å². The molecule has 104 heavy (non-hydrogen) atoms. The quantitative estimate of drug-likeness (QED) is 0.0210. The van der Waals surface area contributed by atoms with Crippen LogP contribution in [0.25, 0.3) is 0 Å². The molecule has 0 aliphatic heterocycles. The third-order valence-corrected chi connectivity index (χ3v) is 23.8. The summed E-state index contributed by atoms with van der Waals surface area (Å²) in [5.74, 6) is -4.55. The number of hydrogen-bond donors (Lipinski definition) is 0. The molecule has 27 nitrogen and oxygen atoms in total. The highest BCUT2D eigenvalue weighted by Gasteiger charge is 2.26. The molecule has 7 aromatic rings. The molecule has 0 fully saturated rings. The molecule has 35 heteroatoms. The highest BCUT2D eigenvalue weighted by atomic mass is 35.5. The normalized spacial score (nSPS) is 11.7. The summed E-state index contributed by atoms with van der Waals surface area (Å²) in [7, 11) is -20.8. The Balaban J connectivity index is 0.000000427. The van der Waals surface area contributed by atoms with Gasteiger partial charge in [-0.15, -0.1) is 0 Å². The number of carbonyl (C=O) groups is 6. The van der Waals surface area contributed by atoms with Gasteiger partial charge in [0.15, 0.2) is 59.0 Å². The average molecular weight is 1600 g/mol. The minimum absolute atomic E-state index is 0.105. The zero-order valence-electron chi connectivity index (χ0n) is 57.8. The minimum Gasteiger partial charge on any atom is -0.465 e. The molecule has 566 valence electrons. The summed E-state index contributed by atoms with van der Waals surface area (Å²) in [5, 5.41) is 11.5. The van der Waals surface area contributed by atoms with E-state index >= 15 is 0 Å². The number of halogens is 2. The first-order valence-electron chi connectivity index (χ1n) is 30.6. The standard InChI is InChI=1S/C17H17ClO4S.2C11H14O4S.C10H11ClO4S.C10H11NO6S.C10H12O4S/c1-12-3-5-14(6-4-12)17(22-13(2)19)11-23(20,21)16-9-7-15(18)8-10-16;1-9-3-5-11(6-4-9)16(13,14)8-7-15-10(2)12;1-9(15-10(2)12)8-16(13,14)11-6-4-3-5-7-11;1-8(12)15-6-7-16(13,14)10-4-2-9(11)3-5-10;1-8(12)17-5-6-18(15,16)10-4-2-3-9(7-10)11(13)14;1-9(11)14-7-8-15(12,13)10-5-3-2-4-6-10/h3-10,17H,11H2,1-2H3;3-6H,7-8H2,1-2H3;3-7,9H,8H2,1-2H3;2-5H,6-7H2,1H3;2-4,7H,5-6H2,1H3;2-6H,7-8H2,1H3. The number of sulfone groups is 6. The van der Waals surface area contributed by atoms with Crippen LogP contribution >= 0.6 is 23.2 Å². The monoisotopic (exact) mass is 1600 g/mol. The predicted molar refractivity (Wildman–Crippen MR) is 386 cm³/mol. The summed E-state index contributed by atoms with van der Waals surface area (Å²) in [6.45, 7) is 12.1. The van der Waals surface area contributed by atoms with Gasteiger partial charge < -0.3 is 28.4 Å². The smallest absolute Gasteiger partial charge is 0.303 e. The summed E-state index contributed by atoms with van der Waals surface area (Å²) in [5.41, 5.74) is 2.38. The van der Waals surface area contributed by atoms with Crippen molar-refractivity contribution < 1.29 is 113 Å². The Labute approximate surface area is 615 Å². The van der Waals surface area contributed by atoms with Crippen molar-refractivity contribution in [1.29, 1.82) is 0 Å². The summed E-state index contributed by atoms with van der Waals surface area (Å²) in [4.78, 5) is 74.7. The van der Waals surface area contributed by atoms with Crippen LogP contribution in [0, 0.1) is 24.0 Å². The molecule has 0 saturated carbocycles. The third kappa shape index (κ3) is 36.5. The van der Waals surface area contributed by atoms with Gasteiger partial charge in [0.25, 0.3) is 5.69 Å². The molecular weight excluding hydrogens is 1520 g/mol. The van der Waals surface area contributed by atoms with Crippen LogP contribution in [0.1, 0.15) is 71.3 Å². The van der Waals surface area contributed by atoms with Crippen LogP contribution in [-0.4, -0.2) is 158 Å². The second kappa shape index (κ2) is 44.0. The molecule has 0 aliphatic rings. The van der Waals surface area contributed by atoms with E-state index in [1.807, 2.05) is 26.0 Å². The van der Waals surface area contributed by atoms with Gasteiger partial charge in [0, 0.05) is 63.7 Å². The Hall–Kier alpha value is -8.96. The number of aryl methyl sites for hydroxylation is 2. The van der Waals surface area contributed by atoms with E-state index in [0.29, 0.717) is 15.6 Å². The van der Waals surface area contributed by atoms with Crippen LogP contribution in [0.3, 0.4) is 0 Å².